The fourth-order valence-electron chi connectivity index (χ4n) is 2.01. The third kappa shape index (κ3) is 3.43. The molecule has 0 saturated carbocycles. The predicted molar refractivity (Wildman–Crippen MR) is 74.6 cm³/mol. The van der Waals surface area contributed by atoms with Crippen LogP contribution in [0.4, 0.5) is 0 Å². The average molecular weight is 260 g/mol. The van der Waals surface area contributed by atoms with Crippen LogP contribution in [0, 0.1) is 0 Å². The van der Waals surface area contributed by atoms with Gasteiger partial charge >= 0.3 is 0 Å². The summed E-state index contributed by atoms with van der Waals surface area (Å²) in [6.45, 7) is 4.65. The third-order valence-corrected chi connectivity index (χ3v) is 3.41. The summed E-state index contributed by atoms with van der Waals surface area (Å²) in [6, 6.07) is 7.99. The lowest BCUT2D eigenvalue weighted by atomic mass is 10.0. The first-order valence-corrected chi connectivity index (χ1v) is 6.45. The monoisotopic (exact) mass is 260 g/mol. The van der Waals surface area contributed by atoms with Crippen molar-refractivity contribution < 1.29 is 9.53 Å². The molecule has 0 atom stereocenters. The summed E-state index contributed by atoms with van der Waals surface area (Å²) < 4.78 is 5.16. The second-order valence-corrected chi connectivity index (χ2v) is 4.72. The molecule has 102 valence electrons. The largest absolute Gasteiger partial charge is 0.380 e. The van der Waals surface area contributed by atoms with Gasteiger partial charge in [0.05, 0.1) is 6.61 Å². The molecule has 1 aliphatic rings. The van der Waals surface area contributed by atoms with Gasteiger partial charge in [-0.2, -0.15) is 0 Å². The molecule has 0 spiro atoms. The molecular formula is C15H20N2O2. The standard InChI is InChI=1S/C15H20N2O2/c1-11(14-7-16-8-14)15(18)17-9-12-5-3-4-6-13(12)10-19-2/h3-6,16H,7-10H2,1-2H3,(H,17,18). The summed E-state index contributed by atoms with van der Waals surface area (Å²) in [5, 5.41) is 6.11. The number of methoxy groups -OCH3 is 1. The summed E-state index contributed by atoms with van der Waals surface area (Å²) >= 11 is 0. The van der Waals surface area contributed by atoms with Crippen molar-refractivity contribution in [1.29, 1.82) is 0 Å². The Labute approximate surface area is 113 Å². The maximum Gasteiger partial charge on any atom is 0.247 e. The van der Waals surface area contributed by atoms with Gasteiger partial charge in [-0.15, -0.1) is 0 Å². The fraction of sp³-hybridized carbons (Fsp3) is 0.400. The van der Waals surface area contributed by atoms with Gasteiger partial charge in [-0.1, -0.05) is 24.3 Å². The molecule has 1 aromatic rings. The number of amides is 1. The van der Waals surface area contributed by atoms with Gasteiger partial charge < -0.3 is 15.4 Å². The molecule has 4 nitrogen and oxygen atoms in total. The molecule has 19 heavy (non-hydrogen) atoms. The summed E-state index contributed by atoms with van der Waals surface area (Å²) in [5.74, 6) is 0.0173. The van der Waals surface area contributed by atoms with Crippen molar-refractivity contribution >= 4 is 5.91 Å². The van der Waals surface area contributed by atoms with Crippen molar-refractivity contribution in [1.82, 2.24) is 10.6 Å². The minimum Gasteiger partial charge on any atom is -0.380 e. The van der Waals surface area contributed by atoms with E-state index in [0.717, 1.165) is 29.8 Å². The lowest BCUT2D eigenvalue weighted by Crippen LogP contribution is -2.37. The van der Waals surface area contributed by atoms with Crippen LogP contribution in [0.1, 0.15) is 18.1 Å². The van der Waals surface area contributed by atoms with Crippen LogP contribution in [0.5, 0.6) is 0 Å². The van der Waals surface area contributed by atoms with E-state index in [1.54, 1.807) is 7.11 Å². The summed E-state index contributed by atoms with van der Waals surface area (Å²) in [4.78, 5) is 12.0. The molecule has 4 heteroatoms. The van der Waals surface area contributed by atoms with Gasteiger partial charge in [-0.25, -0.2) is 0 Å². The topological polar surface area (TPSA) is 50.4 Å². The Morgan fingerprint density at radius 3 is 2.58 bits per heavy atom. The first-order valence-electron chi connectivity index (χ1n) is 6.45. The molecule has 0 aromatic heterocycles. The van der Waals surface area contributed by atoms with E-state index in [1.165, 1.54) is 5.57 Å². The molecule has 2 rings (SSSR count). The lowest BCUT2D eigenvalue weighted by molar-refractivity contribution is -0.117. The van der Waals surface area contributed by atoms with E-state index >= 15 is 0 Å². The Hall–Kier alpha value is -1.65. The minimum atomic E-state index is 0.0173. The summed E-state index contributed by atoms with van der Waals surface area (Å²) in [7, 11) is 1.67. The second-order valence-electron chi connectivity index (χ2n) is 4.72. The zero-order valence-corrected chi connectivity index (χ0v) is 11.5. The first kappa shape index (κ1) is 13.8. The molecule has 1 aliphatic heterocycles. The SMILES string of the molecule is COCc1ccccc1CNC(=O)C(C)=C1CNC1. The molecule has 1 heterocycles. The number of carbonyl (C=O) groups is 1. The van der Waals surface area contributed by atoms with Crippen molar-refractivity contribution in [2.45, 2.75) is 20.1 Å². The summed E-state index contributed by atoms with van der Waals surface area (Å²) in [6.07, 6.45) is 0. The van der Waals surface area contributed by atoms with Crippen molar-refractivity contribution in [3.8, 4) is 0 Å². The van der Waals surface area contributed by atoms with Gasteiger partial charge in [-0.05, 0) is 23.6 Å². The zero-order chi connectivity index (χ0) is 13.7. The van der Waals surface area contributed by atoms with E-state index in [4.69, 9.17) is 4.74 Å². The van der Waals surface area contributed by atoms with Crippen LogP contribution in [0.25, 0.3) is 0 Å². The third-order valence-electron chi connectivity index (χ3n) is 3.41. The van der Waals surface area contributed by atoms with E-state index in [1.807, 2.05) is 31.2 Å². The van der Waals surface area contributed by atoms with Crippen molar-refractivity contribution in [2.24, 2.45) is 0 Å². The molecule has 1 fully saturated rings. The van der Waals surface area contributed by atoms with E-state index < -0.39 is 0 Å². The smallest absolute Gasteiger partial charge is 0.247 e. The van der Waals surface area contributed by atoms with Crippen molar-refractivity contribution in [3.63, 3.8) is 0 Å². The molecule has 0 unspecified atom stereocenters. The van der Waals surface area contributed by atoms with Crippen molar-refractivity contribution in [2.75, 3.05) is 20.2 Å². The van der Waals surface area contributed by atoms with Crippen LogP contribution in [-0.4, -0.2) is 26.1 Å². The summed E-state index contributed by atoms with van der Waals surface area (Å²) in [5.41, 5.74) is 4.24. The molecule has 1 amide bonds. The van der Waals surface area contributed by atoms with Gasteiger partial charge in [0.15, 0.2) is 0 Å². The maximum absolute atomic E-state index is 12.0. The molecule has 2 N–H and O–H groups in total. The quantitative estimate of drug-likeness (QED) is 0.786. The first-order chi connectivity index (χ1) is 9.22. The molecular weight excluding hydrogens is 240 g/mol. The fourth-order valence-corrected chi connectivity index (χ4v) is 2.01. The highest BCUT2D eigenvalue weighted by atomic mass is 16.5. The number of hydrogen-bond acceptors (Lipinski definition) is 3. The van der Waals surface area contributed by atoms with Gasteiger partial charge in [0.2, 0.25) is 5.91 Å². The Kier molecular flexibility index (Phi) is 4.71. The molecule has 1 aromatic carbocycles. The Morgan fingerprint density at radius 2 is 2.00 bits per heavy atom. The number of benzene rings is 1. The van der Waals surface area contributed by atoms with E-state index in [9.17, 15) is 4.79 Å². The van der Waals surface area contributed by atoms with Gasteiger partial charge in [0.25, 0.3) is 0 Å². The van der Waals surface area contributed by atoms with Gasteiger partial charge in [-0.3, -0.25) is 4.79 Å². The Bertz CT molecular complexity index is 489. The number of ether oxygens (including phenoxy) is 1. The normalized spacial score (nSPS) is 13.9. The highest BCUT2D eigenvalue weighted by molar-refractivity contribution is 5.93. The van der Waals surface area contributed by atoms with E-state index in [0.29, 0.717) is 13.2 Å². The second kappa shape index (κ2) is 6.50. The molecule has 1 saturated heterocycles. The molecule has 0 radical (unpaired) electrons. The van der Waals surface area contributed by atoms with Crippen LogP contribution in [0.3, 0.4) is 0 Å². The van der Waals surface area contributed by atoms with E-state index in [-0.39, 0.29) is 5.91 Å². The Morgan fingerprint density at radius 1 is 1.32 bits per heavy atom. The van der Waals surface area contributed by atoms with Crippen LogP contribution < -0.4 is 10.6 Å². The highest BCUT2D eigenvalue weighted by Gasteiger charge is 2.15. The van der Waals surface area contributed by atoms with Crippen LogP contribution in [-0.2, 0) is 22.7 Å². The van der Waals surface area contributed by atoms with Crippen LogP contribution in [0.2, 0.25) is 0 Å². The van der Waals surface area contributed by atoms with Gasteiger partial charge in [0, 0.05) is 32.3 Å². The van der Waals surface area contributed by atoms with Crippen molar-refractivity contribution in [3.05, 3.63) is 46.5 Å². The highest BCUT2D eigenvalue weighted by Crippen LogP contribution is 2.11. The number of rotatable bonds is 5. The number of carbonyl (C=O) groups excluding carboxylic acids is 1. The van der Waals surface area contributed by atoms with Gasteiger partial charge in [0.1, 0.15) is 0 Å². The number of nitrogens with one attached hydrogen (secondary N) is 2. The zero-order valence-electron chi connectivity index (χ0n) is 11.5. The Balaban J connectivity index is 1.97. The van der Waals surface area contributed by atoms with E-state index in [2.05, 4.69) is 10.6 Å². The molecule has 0 aliphatic carbocycles. The maximum atomic E-state index is 12.0. The lowest BCUT2D eigenvalue weighted by Gasteiger charge is -2.21. The van der Waals surface area contributed by atoms with Crippen LogP contribution >= 0.6 is 0 Å². The van der Waals surface area contributed by atoms with Crippen LogP contribution in [0.15, 0.2) is 35.4 Å². The predicted octanol–water partition coefficient (Wildman–Crippen LogP) is 1.37. The minimum absolute atomic E-state index is 0.0173. The average Bonchev–Trinajstić information content (AvgIpc) is 2.35. The number of hydrogen-bond donors (Lipinski definition) is 2. The molecule has 0 bridgehead atoms.